The van der Waals surface area contributed by atoms with E-state index in [0.29, 0.717) is 18.9 Å². The molecule has 2 aromatic rings. The smallest absolute Gasteiger partial charge is 0.223 e. The molecule has 25 heavy (non-hydrogen) atoms. The van der Waals surface area contributed by atoms with E-state index in [4.69, 9.17) is 0 Å². The number of carbonyl (C=O) groups excluding carboxylic acids is 1. The summed E-state index contributed by atoms with van der Waals surface area (Å²) in [7, 11) is 3.92. The summed E-state index contributed by atoms with van der Waals surface area (Å²) in [6, 6.07) is 0. The third-order valence-corrected chi connectivity index (χ3v) is 5.51. The Morgan fingerprint density at radius 3 is 2.56 bits per heavy atom. The molecule has 3 rings (SSSR count). The highest BCUT2D eigenvalue weighted by atomic mass is 16.1. The second-order valence-corrected chi connectivity index (χ2v) is 7.26. The topological polar surface area (TPSA) is 77.6 Å². The Morgan fingerprint density at radius 1 is 1.28 bits per heavy atom. The molecule has 7 heteroatoms. The van der Waals surface area contributed by atoms with Gasteiger partial charge in [-0.1, -0.05) is 13.3 Å². The lowest BCUT2D eigenvalue weighted by molar-refractivity contribution is -0.124. The minimum atomic E-state index is -0.110. The largest absolute Gasteiger partial charge is 0.349 e. The van der Waals surface area contributed by atoms with Crippen LogP contribution in [0.2, 0.25) is 0 Å². The summed E-state index contributed by atoms with van der Waals surface area (Å²) < 4.78 is 3.90. The van der Waals surface area contributed by atoms with Crippen molar-refractivity contribution in [2.24, 2.45) is 20.0 Å². The fourth-order valence-corrected chi connectivity index (χ4v) is 3.40. The van der Waals surface area contributed by atoms with Crippen molar-refractivity contribution in [3.63, 3.8) is 0 Å². The Hall–Kier alpha value is -2.18. The fourth-order valence-electron chi connectivity index (χ4n) is 3.40. The summed E-state index contributed by atoms with van der Waals surface area (Å²) in [4.78, 5) is 12.5. The van der Waals surface area contributed by atoms with Gasteiger partial charge in [-0.25, -0.2) is 0 Å². The second kappa shape index (κ2) is 6.98. The highest BCUT2D eigenvalue weighted by Crippen LogP contribution is 2.35. The van der Waals surface area contributed by atoms with Gasteiger partial charge in [-0.3, -0.25) is 9.48 Å². The molecule has 1 atom stereocenters. The average Bonchev–Trinajstić information content (AvgIpc) is 2.99. The number of amides is 1. The maximum Gasteiger partial charge on any atom is 0.223 e. The molecule has 1 aliphatic carbocycles. The van der Waals surface area contributed by atoms with E-state index >= 15 is 0 Å². The highest BCUT2D eigenvalue weighted by molar-refractivity contribution is 5.78. The molecule has 136 valence electrons. The van der Waals surface area contributed by atoms with Crippen LogP contribution in [-0.4, -0.2) is 30.5 Å². The van der Waals surface area contributed by atoms with Gasteiger partial charge in [0.2, 0.25) is 5.91 Å². The molecule has 1 fully saturated rings. The van der Waals surface area contributed by atoms with E-state index in [1.807, 2.05) is 44.1 Å². The number of aryl methyl sites for hydroxylation is 2. The first-order valence-electron chi connectivity index (χ1n) is 9.03. The predicted molar refractivity (Wildman–Crippen MR) is 95.0 cm³/mol. The van der Waals surface area contributed by atoms with E-state index in [2.05, 4.69) is 20.6 Å². The van der Waals surface area contributed by atoms with Gasteiger partial charge in [0.1, 0.15) is 5.82 Å². The first-order chi connectivity index (χ1) is 11.9. The lowest BCUT2D eigenvalue weighted by Gasteiger charge is -2.24. The summed E-state index contributed by atoms with van der Waals surface area (Å²) in [5.74, 6) is 2.33. The molecule has 1 N–H and O–H groups in total. The SMILES string of the molecule is Cc1nn(C)c(C)c1CC(C)C(=O)NCc1nnc(C2CCC2)n1C. The third-order valence-electron chi connectivity index (χ3n) is 5.51. The number of nitrogens with one attached hydrogen (secondary N) is 1. The summed E-state index contributed by atoms with van der Waals surface area (Å²) in [6.45, 7) is 6.41. The minimum Gasteiger partial charge on any atom is -0.349 e. The van der Waals surface area contributed by atoms with Crippen LogP contribution in [0.15, 0.2) is 0 Å². The van der Waals surface area contributed by atoms with Crippen LogP contribution >= 0.6 is 0 Å². The van der Waals surface area contributed by atoms with Crippen molar-refractivity contribution < 1.29 is 4.79 Å². The highest BCUT2D eigenvalue weighted by Gasteiger charge is 2.25. The van der Waals surface area contributed by atoms with Crippen LogP contribution in [-0.2, 0) is 31.9 Å². The maximum atomic E-state index is 12.5. The molecule has 1 unspecified atom stereocenters. The Labute approximate surface area is 148 Å². The van der Waals surface area contributed by atoms with Crippen LogP contribution in [0.3, 0.4) is 0 Å². The van der Waals surface area contributed by atoms with Crippen molar-refractivity contribution >= 4 is 5.91 Å². The molecule has 0 spiro atoms. The minimum absolute atomic E-state index is 0.0378. The first kappa shape index (κ1) is 17.6. The van der Waals surface area contributed by atoms with E-state index in [0.717, 1.165) is 28.6 Å². The van der Waals surface area contributed by atoms with E-state index in [-0.39, 0.29) is 11.8 Å². The summed E-state index contributed by atoms with van der Waals surface area (Å²) >= 11 is 0. The second-order valence-electron chi connectivity index (χ2n) is 7.26. The molecule has 0 bridgehead atoms. The molecule has 7 nitrogen and oxygen atoms in total. The van der Waals surface area contributed by atoms with Gasteiger partial charge in [0.25, 0.3) is 0 Å². The molecule has 0 saturated heterocycles. The van der Waals surface area contributed by atoms with Crippen molar-refractivity contribution in [2.45, 2.75) is 58.9 Å². The van der Waals surface area contributed by atoms with Crippen LogP contribution in [0.25, 0.3) is 0 Å². The Balaban J connectivity index is 1.58. The molecule has 0 radical (unpaired) electrons. The molecular formula is C18H28N6O. The molecule has 2 aromatic heterocycles. The van der Waals surface area contributed by atoms with Crippen molar-refractivity contribution in [2.75, 3.05) is 0 Å². The van der Waals surface area contributed by atoms with Crippen molar-refractivity contribution in [1.82, 2.24) is 29.9 Å². The zero-order chi connectivity index (χ0) is 18.1. The van der Waals surface area contributed by atoms with E-state index in [1.165, 1.54) is 19.3 Å². The normalized spacial score (nSPS) is 15.9. The van der Waals surface area contributed by atoms with Gasteiger partial charge in [0, 0.05) is 31.6 Å². The van der Waals surface area contributed by atoms with Gasteiger partial charge < -0.3 is 9.88 Å². The van der Waals surface area contributed by atoms with Crippen LogP contribution in [0.5, 0.6) is 0 Å². The standard InChI is InChI=1S/C18H28N6O/c1-11(9-15-12(2)22-24(5)13(15)3)18(25)19-10-16-20-21-17(23(16)4)14-7-6-8-14/h11,14H,6-10H2,1-5H3,(H,19,25). The third kappa shape index (κ3) is 3.45. The predicted octanol–water partition coefficient (Wildman–Crippen LogP) is 1.93. The molecular weight excluding hydrogens is 316 g/mol. The van der Waals surface area contributed by atoms with E-state index in [1.54, 1.807) is 0 Å². The lowest BCUT2D eigenvalue weighted by atomic mass is 9.85. The summed E-state index contributed by atoms with van der Waals surface area (Å²) in [5.41, 5.74) is 3.28. The quantitative estimate of drug-likeness (QED) is 0.868. The Kier molecular flexibility index (Phi) is 4.92. The van der Waals surface area contributed by atoms with Crippen LogP contribution in [0, 0.1) is 19.8 Å². The Morgan fingerprint density at radius 2 is 2.00 bits per heavy atom. The van der Waals surface area contributed by atoms with Gasteiger partial charge >= 0.3 is 0 Å². The monoisotopic (exact) mass is 344 g/mol. The van der Waals surface area contributed by atoms with E-state index < -0.39 is 0 Å². The van der Waals surface area contributed by atoms with Gasteiger partial charge in [0.15, 0.2) is 5.82 Å². The van der Waals surface area contributed by atoms with Crippen molar-refractivity contribution in [3.05, 3.63) is 28.6 Å². The zero-order valence-corrected chi connectivity index (χ0v) is 15.8. The van der Waals surface area contributed by atoms with Gasteiger partial charge in [0.05, 0.1) is 12.2 Å². The first-order valence-corrected chi connectivity index (χ1v) is 9.03. The molecule has 1 aliphatic rings. The Bertz CT molecular complexity index is 771. The maximum absolute atomic E-state index is 12.5. The van der Waals surface area contributed by atoms with Crippen molar-refractivity contribution in [3.8, 4) is 0 Å². The van der Waals surface area contributed by atoms with Gasteiger partial charge in [-0.15, -0.1) is 10.2 Å². The summed E-state index contributed by atoms with van der Waals surface area (Å²) in [6.07, 6.45) is 4.36. The molecule has 0 aliphatic heterocycles. The van der Waals surface area contributed by atoms with Crippen LogP contribution in [0.4, 0.5) is 0 Å². The number of nitrogens with zero attached hydrogens (tertiary/aromatic N) is 5. The zero-order valence-electron chi connectivity index (χ0n) is 15.8. The average molecular weight is 344 g/mol. The molecule has 0 aromatic carbocycles. The van der Waals surface area contributed by atoms with Crippen LogP contribution in [0.1, 0.15) is 60.7 Å². The fraction of sp³-hybridized carbons (Fsp3) is 0.667. The number of hydrogen-bond donors (Lipinski definition) is 1. The van der Waals surface area contributed by atoms with Crippen LogP contribution < -0.4 is 5.32 Å². The number of carbonyl (C=O) groups is 1. The molecule has 1 amide bonds. The molecule has 2 heterocycles. The van der Waals surface area contributed by atoms with Gasteiger partial charge in [-0.05, 0) is 38.7 Å². The van der Waals surface area contributed by atoms with Crippen molar-refractivity contribution in [1.29, 1.82) is 0 Å². The lowest BCUT2D eigenvalue weighted by Crippen LogP contribution is -2.31. The van der Waals surface area contributed by atoms with Gasteiger partial charge in [-0.2, -0.15) is 5.10 Å². The summed E-state index contributed by atoms with van der Waals surface area (Å²) in [5, 5.41) is 16.0. The van der Waals surface area contributed by atoms with E-state index in [9.17, 15) is 4.79 Å². The number of aromatic nitrogens is 5. The number of hydrogen-bond acceptors (Lipinski definition) is 4. The number of rotatable bonds is 6. The molecule has 1 saturated carbocycles.